The molecule has 0 unspecified atom stereocenters. The number of phenolic OH excluding ortho intramolecular Hbond substituents is 2. The van der Waals surface area contributed by atoms with Gasteiger partial charge in [-0.05, 0) is 221 Å². The van der Waals surface area contributed by atoms with Crippen molar-refractivity contribution in [3.8, 4) is 56.6 Å². The molecule has 536 valence electrons. The van der Waals surface area contributed by atoms with Crippen molar-refractivity contribution >= 4 is 53.6 Å². The monoisotopic (exact) mass is 1360 g/mol. The van der Waals surface area contributed by atoms with Gasteiger partial charge in [0.2, 0.25) is 0 Å². The van der Waals surface area contributed by atoms with Crippen LogP contribution in [-0.2, 0) is 43.3 Å². The Bertz CT molecular complexity index is 4310. The third-order valence-electron chi connectivity index (χ3n) is 21.1. The highest BCUT2D eigenvalue weighted by molar-refractivity contribution is 8.33. The van der Waals surface area contributed by atoms with Crippen molar-refractivity contribution in [1.82, 2.24) is 9.13 Å². The van der Waals surface area contributed by atoms with Crippen LogP contribution in [0.2, 0.25) is 0 Å². The van der Waals surface area contributed by atoms with E-state index in [2.05, 4.69) is 350 Å². The van der Waals surface area contributed by atoms with E-state index in [0.717, 1.165) is 108 Å². The Labute approximate surface area is 605 Å². The molecule has 10 rings (SSSR count). The van der Waals surface area contributed by atoms with Crippen LogP contribution in [0.1, 0.15) is 258 Å². The Kier molecular flexibility index (Phi) is 19.4. The summed E-state index contributed by atoms with van der Waals surface area (Å²) < 4.78 is 19.4. The van der Waals surface area contributed by atoms with E-state index in [0.29, 0.717) is 11.9 Å². The summed E-state index contributed by atoms with van der Waals surface area (Å²) in [5, 5.41) is 31.8. The summed E-state index contributed by atoms with van der Waals surface area (Å²) in [6, 6.07) is 50.0. The molecule has 0 radical (unpaired) electrons. The second kappa shape index (κ2) is 25.7. The van der Waals surface area contributed by atoms with Crippen LogP contribution in [0.4, 0.5) is 0 Å². The average Bonchev–Trinajstić information content (AvgIpc) is 1.54. The molecular formula is C93H124N2O4S. The predicted molar refractivity (Wildman–Crippen MR) is 437 cm³/mol. The van der Waals surface area contributed by atoms with Crippen LogP contribution in [0.3, 0.4) is 0 Å². The van der Waals surface area contributed by atoms with Gasteiger partial charge in [-0.1, -0.05) is 237 Å². The molecule has 0 spiro atoms. The first kappa shape index (κ1) is 75.6. The number of rotatable bonds is 15. The predicted octanol–water partition coefficient (Wildman–Crippen LogP) is 26.7. The SMILES string of the molecule is CCS(C)(COc1ccc(C(C)(C)C)cc1-c1cc(C(C)(C)CC(C)(C)C)cc(-n2c3ccc(C(C)(C)C)cc3c3cc(C(C)(C)C)ccc32)c1O)COc1ccc(C(C)(C)C)cc1-c1cc(C(C)(C)CC(C)(C)C)cc(-n2c3ccc(C(C)(C)C)cc3c3cc(C(C)(C)C)ccc32)c1O. The van der Waals surface area contributed by atoms with Crippen LogP contribution in [0.5, 0.6) is 23.0 Å². The van der Waals surface area contributed by atoms with E-state index >= 15 is 0 Å². The van der Waals surface area contributed by atoms with Gasteiger partial charge in [0.25, 0.3) is 0 Å². The highest BCUT2D eigenvalue weighted by Crippen LogP contribution is 2.53. The zero-order valence-corrected chi connectivity index (χ0v) is 68.1. The van der Waals surface area contributed by atoms with E-state index in [-0.39, 0.29) is 65.6 Å². The first-order valence-electron chi connectivity index (χ1n) is 36.9. The van der Waals surface area contributed by atoms with Gasteiger partial charge >= 0.3 is 0 Å². The van der Waals surface area contributed by atoms with Gasteiger partial charge in [-0.15, -0.1) is 0 Å². The van der Waals surface area contributed by atoms with E-state index in [9.17, 15) is 10.2 Å². The number of nitrogens with zero attached hydrogens (tertiary/aromatic N) is 2. The van der Waals surface area contributed by atoms with E-state index in [1.807, 2.05) is 0 Å². The molecule has 0 bridgehead atoms. The first-order chi connectivity index (χ1) is 45.7. The standard InChI is InChI=1S/C93H124N2O4S/c1-31-100(30,56-98-80-42-36-62(90(20,21)22)48-70(80)72-50-64(92(26,27)54-84(2,3)4)52-78(82(72)96)94-74-38-32-58(86(8,9)10)44-66(74)67-45-59(87(11,12)13)33-39-75(67)94)57-99-81-43-37-63(91(23,24)25)49-71(81)73-51-65(93(28,29)55-85(5,6)7)53-79(83(73)97)95-76-40-34-60(88(14,15)16)46-68(76)69-47-61(89(17,18)19)35-41-77(69)95/h32-53,96-97H,31,54-57H2,1-30H3. The normalized spacial score (nSPS) is 13.9. The van der Waals surface area contributed by atoms with Crippen LogP contribution < -0.4 is 9.47 Å². The number of hydrogen-bond donors (Lipinski definition) is 2. The van der Waals surface area contributed by atoms with Crippen LogP contribution in [0, 0.1) is 10.8 Å². The van der Waals surface area contributed by atoms with E-state index in [1.54, 1.807) is 0 Å². The van der Waals surface area contributed by atoms with Gasteiger partial charge in [0.15, 0.2) is 0 Å². The Morgan fingerprint density at radius 3 is 0.790 bits per heavy atom. The smallest absolute Gasteiger partial charge is 0.147 e. The van der Waals surface area contributed by atoms with Crippen molar-refractivity contribution in [3.05, 3.63) is 178 Å². The van der Waals surface area contributed by atoms with Gasteiger partial charge in [-0.3, -0.25) is 0 Å². The lowest BCUT2D eigenvalue weighted by molar-refractivity contribution is 0.283. The number of fused-ring (bicyclic) bond motifs is 6. The van der Waals surface area contributed by atoms with Gasteiger partial charge in [-0.25, -0.2) is 0 Å². The Morgan fingerprint density at radius 2 is 0.550 bits per heavy atom. The van der Waals surface area contributed by atoms with Crippen LogP contribution in [-0.4, -0.2) is 43.2 Å². The minimum atomic E-state index is -1.69. The Hall–Kier alpha value is -7.09. The minimum Gasteiger partial charge on any atom is -0.505 e. The highest BCUT2D eigenvalue weighted by atomic mass is 32.3. The summed E-state index contributed by atoms with van der Waals surface area (Å²) in [7, 11) is -1.69. The number of aromatic nitrogens is 2. The maximum absolute atomic E-state index is 13.6. The van der Waals surface area contributed by atoms with Crippen molar-refractivity contribution in [3.63, 3.8) is 0 Å². The number of aromatic hydroxyl groups is 2. The van der Waals surface area contributed by atoms with E-state index in [4.69, 9.17) is 9.47 Å². The molecule has 0 aliphatic rings. The van der Waals surface area contributed by atoms with Gasteiger partial charge in [0, 0.05) is 43.8 Å². The number of hydrogen-bond acceptors (Lipinski definition) is 4. The summed E-state index contributed by atoms with van der Waals surface area (Å²) >= 11 is 0. The first-order valence-corrected chi connectivity index (χ1v) is 39.5. The van der Waals surface area contributed by atoms with Crippen molar-refractivity contribution in [1.29, 1.82) is 0 Å². The molecule has 2 heterocycles. The average molecular weight is 1370 g/mol. The van der Waals surface area contributed by atoms with Crippen LogP contribution >= 0.6 is 10.0 Å². The molecule has 100 heavy (non-hydrogen) atoms. The minimum absolute atomic E-state index is 0.0182. The fraction of sp³-hybridized carbons (Fsp3) is 0.484. The highest BCUT2D eigenvalue weighted by Gasteiger charge is 2.35. The van der Waals surface area contributed by atoms with Crippen molar-refractivity contribution < 1.29 is 19.7 Å². The summed E-state index contributed by atoms with van der Waals surface area (Å²) in [5.41, 5.74) is 17.4. The summed E-state index contributed by atoms with van der Waals surface area (Å²) in [4.78, 5) is 0. The Morgan fingerprint density at radius 1 is 0.310 bits per heavy atom. The molecule has 0 amide bonds. The number of ether oxygens (including phenoxy) is 2. The van der Waals surface area contributed by atoms with Gasteiger partial charge in [0.05, 0.1) is 33.4 Å². The topological polar surface area (TPSA) is 68.8 Å². The lowest BCUT2D eigenvalue weighted by Gasteiger charge is -2.35. The van der Waals surface area contributed by atoms with Gasteiger partial charge < -0.3 is 28.8 Å². The van der Waals surface area contributed by atoms with Crippen molar-refractivity contribution in [2.45, 2.75) is 257 Å². The fourth-order valence-electron chi connectivity index (χ4n) is 15.3. The number of phenols is 2. The molecular weight excluding hydrogens is 1240 g/mol. The third kappa shape index (κ3) is 15.5. The maximum Gasteiger partial charge on any atom is 0.147 e. The van der Waals surface area contributed by atoms with E-state index in [1.165, 1.54) is 43.8 Å². The molecule has 0 atom stereocenters. The lowest BCUT2D eigenvalue weighted by atomic mass is 9.71. The van der Waals surface area contributed by atoms with Crippen LogP contribution in [0.25, 0.3) is 77.2 Å². The zero-order valence-electron chi connectivity index (χ0n) is 67.3. The Balaban J connectivity index is 1.12. The molecule has 7 heteroatoms. The van der Waals surface area contributed by atoms with Crippen molar-refractivity contribution in [2.75, 3.05) is 23.9 Å². The molecule has 10 aromatic rings. The molecule has 8 aromatic carbocycles. The second-order valence-corrected chi connectivity index (χ2v) is 43.8. The van der Waals surface area contributed by atoms with E-state index < -0.39 is 10.0 Å². The van der Waals surface area contributed by atoms with Crippen LogP contribution in [0.15, 0.2) is 133 Å². The third-order valence-corrected chi connectivity index (χ3v) is 23.9. The summed E-state index contributed by atoms with van der Waals surface area (Å²) in [6.07, 6.45) is 4.18. The molecule has 0 saturated carbocycles. The molecule has 2 N–H and O–H groups in total. The summed E-state index contributed by atoms with van der Waals surface area (Å²) in [6.45, 7) is 66.6. The summed E-state index contributed by atoms with van der Waals surface area (Å²) in [5.74, 6) is 3.52. The van der Waals surface area contributed by atoms with Gasteiger partial charge in [0.1, 0.15) is 34.9 Å². The van der Waals surface area contributed by atoms with Gasteiger partial charge in [-0.2, -0.15) is 10.0 Å². The molecule has 0 saturated heterocycles. The molecule has 2 aromatic heterocycles. The molecule has 0 aliphatic carbocycles. The number of benzene rings is 8. The fourth-order valence-corrected chi connectivity index (χ4v) is 16.6. The lowest BCUT2D eigenvalue weighted by Crippen LogP contribution is -2.25. The second-order valence-electron chi connectivity index (χ2n) is 39.8. The zero-order chi connectivity index (χ0) is 74.2. The molecule has 0 fully saturated rings. The van der Waals surface area contributed by atoms with Crippen molar-refractivity contribution in [2.24, 2.45) is 10.8 Å². The maximum atomic E-state index is 13.6. The quantitative estimate of drug-likeness (QED) is 0.107. The largest absolute Gasteiger partial charge is 0.505 e. The molecule has 6 nitrogen and oxygen atoms in total. The molecule has 0 aliphatic heterocycles.